The van der Waals surface area contributed by atoms with E-state index >= 15 is 0 Å². The van der Waals surface area contributed by atoms with Crippen LogP contribution in [-0.2, 0) is 14.9 Å². The molecule has 3 heteroatoms. The van der Waals surface area contributed by atoms with Gasteiger partial charge < -0.3 is 4.74 Å². The summed E-state index contributed by atoms with van der Waals surface area (Å²) in [5, 5.41) is 0. The maximum absolute atomic E-state index is 12.0. The second-order valence-corrected chi connectivity index (χ2v) is 4.83. The summed E-state index contributed by atoms with van der Waals surface area (Å²) in [6.07, 6.45) is 0.420. The summed E-state index contributed by atoms with van der Waals surface area (Å²) < 4.78 is 5.10. The molecule has 1 aromatic rings. The molecule has 16 heavy (non-hydrogen) atoms. The van der Waals surface area contributed by atoms with E-state index in [1.165, 1.54) is 0 Å². The van der Waals surface area contributed by atoms with Crippen molar-refractivity contribution >= 4 is 11.8 Å². The summed E-state index contributed by atoms with van der Waals surface area (Å²) in [4.78, 5) is 23.5. The molecule has 0 radical (unpaired) electrons. The Labute approximate surface area is 93.4 Å². The zero-order valence-corrected chi connectivity index (χ0v) is 9.03. The van der Waals surface area contributed by atoms with Gasteiger partial charge in [-0.05, 0) is 5.56 Å². The van der Waals surface area contributed by atoms with Crippen molar-refractivity contribution in [1.82, 2.24) is 0 Å². The van der Waals surface area contributed by atoms with E-state index in [0.717, 1.165) is 5.56 Å². The van der Waals surface area contributed by atoms with Crippen LogP contribution in [0.15, 0.2) is 24.3 Å². The average molecular weight is 216 g/mol. The minimum atomic E-state index is -0.568. The summed E-state index contributed by atoms with van der Waals surface area (Å²) in [7, 11) is 0. The summed E-state index contributed by atoms with van der Waals surface area (Å²) in [6.45, 7) is 2.03. The van der Waals surface area contributed by atoms with Gasteiger partial charge in [0.15, 0.2) is 6.10 Å². The number of hydrogen-bond donors (Lipinski definition) is 0. The lowest BCUT2D eigenvalue weighted by atomic mass is 9.66. The molecule has 3 nitrogen and oxygen atoms in total. The smallest absolute Gasteiger partial charge is 0.307 e. The van der Waals surface area contributed by atoms with Crippen LogP contribution in [-0.4, -0.2) is 17.9 Å². The van der Waals surface area contributed by atoms with Gasteiger partial charge in [-0.2, -0.15) is 0 Å². The number of carbonyl (C=O) groups excluding carboxylic acids is 2. The van der Waals surface area contributed by atoms with Gasteiger partial charge in [0.1, 0.15) is 0 Å². The van der Waals surface area contributed by atoms with Crippen LogP contribution in [0.1, 0.15) is 35.7 Å². The van der Waals surface area contributed by atoms with Crippen molar-refractivity contribution < 1.29 is 14.3 Å². The highest BCUT2D eigenvalue weighted by molar-refractivity contribution is 6.04. The van der Waals surface area contributed by atoms with Gasteiger partial charge in [-0.3, -0.25) is 9.59 Å². The standard InChI is InChI=1S/C13H12O3/c1-13-6-10(16-11(14)7-13)12(15)8-4-2-3-5-9(8)13/h2-5,10H,6-7H2,1H3. The molecular formula is C13H12O3. The Morgan fingerprint density at radius 2 is 2.06 bits per heavy atom. The van der Waals surface area contributed by atoms with E-state index in [9.17, 15) is 9.59 Å². The average Bonchev–Trinajstić information content (AvgIpc) is 2.25. The highest BCUT2D eigenvalue weighted by Gasteiger charge is 2.47. The van der Waals surface area contributed by atoms with E-state index in [4.69, 9.17) is 4.74 Å². The number of carbonyl (C=O) groups is 2. The molecule has 2 aliphatic rings. The van der Waals surface area contributed by atoms with Crippen molar-refractivity contribution in [2.24, 2.45) is 0 Å². The third-order valence-corrected chi connectivity index (χ3v) is 3.58. The normalized spacial score (nSPS) is 31.9. The van der Waals surface area contributed by atoms with Gasteiger partial charge in [0, 0.05) is 17.4 Å². The number of esters is 1. The van der Waals surface area contributed by atoms with Gasteiger partial charge in [0.25, 0.3) is 0 Å². The maximum atomic E-state index is 12.0. The van der Waals surface area contributed by atoms with Crippen LogP contribution in [0.2, 0.25) is 0 Å². The first-order valence-electron chi connectivity index (χ1n) is 5.43. The number of fused-ring (bicyclic) bond motifs is 4. The third-order valence-electron chi connectivity index (χ3n) is 3.58. The van der Waals surface area contributed by atoms with E-state index < -0.39 is 6.10 Å². The Balaban J connectivity index is 2.23. The molecule has 0 saturated carbocycles. The summed E-state index contributed by atoms with van der Waals surface area (Å²) in [5.41, 5.74) is 1.48. The second-order valence-electron chi connectivity index (χ2n) is 4.83. The molecule has 1 aliphatic carbocycles. The Morgan fingerprint density at radius 3 is 2.88 bits per heavy atom. The monoisotopic (exact) mass is 216 g/mol. The maximum Gasteiger partial charge on any atom is 0.307 e. The second kappa shape index (κ2) is 2.94. The first kappa shape index (κ1) is 9.58. The molecule has 2 atom stereocenters. The largest absolute Gasteiger partial charge is 0.454 e. The summed E-state index contributed by atoms with van der Waals surface area (Å²) in [6, 6.07) is 7.53. The zero-order valence-electron chi connectivity index (χ0n) is 9.03. The van der Waals surface area contributed by atoms with E-state index in [0.29, 0.717) is 18.4 Å². The molecule has 3 rings (SSSR count). The highest BCUT2D eigenvalue weighted by atomic mass is 16.5. The number of rotatable bonds is 0. The fourth-order valence-corrected chi connectivity index (χ4v) is 2.79. The quantitative estimate of drug-likeness (QED) is 0.621. The van der Waals surface area contributed by atoms with Gasteiger partial charge in [0.05, 0.1) is 6.42 Å². The molecule has 1 aliphatic heterocycles. The lowest BCUT2D eigenvalue weighted by Crippen LogP contribution is -2.47. The van der Waals surface area contributed by atoms with Gasteiger partial charge in [-0.1, -0.05) is 31.2 Å². The Bertz CT molecular complexity index is 492. The van der Waals surface area contributed by atoms with Crippen molar-refractivity contribution in [1.29, 1.82) is 0 Å². The van der Waals surface area contributed by atoms with Gasteiger partial charge in [0.2, 0.25) is 5.78 Å². The highest BCUT2D eigenvalue weighted by Crippen LogP contribution is 2.43. The summed E-state index contributed by atoms with van der Waals surface area (Å²) in [5.74, 6) is -0.317. The molecule has 82 valence electrons. The number of ether oxygens (including phenoxy) is 1. The predicted molar refractivity (Wildman–Crippen MR) is 57.2 cm³/mol. The third kappa shape index (κ3) is 1.14. The lowest BCUT2D eigenvalue weighted by Gasteiger charge is -2.42. The van der Waals surface area contributed by atoms with Crippen molar-refractivity contribution in [3.63, 3.8) is 0 Å². The fourth-order valence-electron chi connectivity index (χ4n) is 2.79. The van der Waals surface area contributed by atoms with Crippen molar-refractivity contribution in [2.45, 2.75) is 31.3 Å². The molecule has 2 bridgehead atoms. The van der Waals surface area contributed by atoms with Crippen LogP contribution in [0.4, 0.5) is 0 Å². The van der Waals surface area contributed by atoms with Crippen LogP contribution in [0.5, 0.6) is 0 Å². The summed E-state index contributed by atoms with van der Waals surface area (Å²) >= 11 is 0. The minimum absolute atomic E-state index is 0.0545. The fraction of sp³-hybridized carbons (Fsp3) is 0.385. The van der Waals surface area contributed by atoms with Crippen LogP contribution in [0, 0.1) is 0 Å². The topological polar surface area (TPSA) is 43.4 Å². The molecule has 0 spiro atoms. The van der Waals surface area contributed by atoms with Gasteiger partial charge >= 0.3 is 5.97 Å². The number of Topliss-reactive ketones (excluding diaryl/α,β-unsaturated/α-hetero) is 1. The lowest BCUT2D eigenvalue weighted by molar-refractivity contribution is -0.155. The molecule has 1 saturated heterocycles. The Morgan fingerprint density at radius 1 is 1.31 bits per heavy atom. The molecule has 0 amide bonds. The first-order chi connectivity index (χ1) is 7.60. The SMILES string of the molecule is CC12CC(=O)OC(C1)C(=O)c1ccccc12. The van der Waals surface area contributed by atoms with E-state index in [1.807, 2.05) is 31.2 Å². The Kier molecular flexibility index (Phi) is 1.76. The number of benzene rings is 1. The van der Waals surface area contributed by atoms with Crippen LogP contribution in [0.25, 0.3) is 0 Å². The number of hydrogen-bond acceptors (Lipinski definition) is 3. The zero-order chi connectivity index (χ0) is 11.3. The van der Waals surface area contributed by atoms with E-state index in [1.54, 1.807) is 0 Å². The molecule has 2 unspecified atom stereocenters. The van der Waals surface area contributed by atoms with Crippen LogP contribution < -0.4 is 0 Å². The Hall–Kier alpha value is -1.64. The molecule has 0 N–H and O–H groups in total. The molecular weight excluding hydrogens is 204 g/mol. The van der Waals surface area contributed by atoms with Crippen LogP contribution in [0.3, 0.4) is 0 Å². The first-order valence-corrected chi connectivity index (χ1v) is 5.43. The molecule has 1 fully saturated rings. The van der Waals surface area contributed by atoms with Crippen molar-refractivity contribution in [3.8, 4) is 0 Å². The molecule has 0 aromatic heterocycles. The molecule has 1 heterocycles. The predicted octanol–water partition coefficient (Wildman–Crippen LogP) is 1.85. The van der Waals surface area contributed by atoms with Gasteiger partial charge in [-0.15, -0.1) is 0 Å². The van der Waals surface area contributed by atoms with E-state index in [2.05, 4.69) is 0 Å². The van der Waals surface area contributed by atoms with Crippen molar-refractivity contribution in [3.05, 3.63) is 35.4 Å². The minimum Gasteiger partial charge on any atom is -0.454 e. The molecule has 1 aromatic carbocycles. The van der Waals surface area contributed by atoms with E-state index in [-0.39, 0.29) is 17.2 Å². The van der Waals surface area contributed by atoms with Crippen molar-refractivity contribution in [2.75, 3.05) is 0 Å². The van der Waals surface area contributed by atoms with Crippen LogP contribution >= 0.6 is 0 Å². The van der Waals surface area contributed by atoms with Gasteiger partial charge in [-0.25, -0.2) is 0 Å². The number of ketones is 1.